The van der Waals surface area contributed by atoms with Gasteiger partial charge in [0.05, 0.1) is 5.56 Å². The van der Waals surface area contributed by atoms with Crippen molar-refractivity contribution in [3.63, 3.8) is 0 Å². The first-order chi connectivity index (χ1) is 50.4. The van der Waals surface area contributed by atoms with Crippen LogP contribution in [-0.2, 0) is 42.3 Å². The summed E-state index contributed by atoms with van der Waals surface area (Å²) in [4.78, 5) is 0. The Morgan fingerprint density at radius 1 is 0.240 bits per heavy atom. The van der Waals surface area contributed by atoms with Gasteiger partial charge in [-0.1, -0.05) is 95.6 Å². The van der Waals surface area contributed by atoms with Crippen LogP contribution in [0.2, 0.25) is 0 Å². The van der Waals surface area contributed by atoms with Crippen LogP contribution in [0.5, 0.6) is 0 Å². The molecule has 0 aliphatic rings. The predicted molar refractivity (Wildman–Crippen MR) is 404 cm³/mol. The number of rotatable bonds is 6. The van der Waals surface area contributed by atoms with E-state index >= 15 is 0 Å². The average Bonchev–Trinajstić information content (AvgIpc) is 0.791. The highest BCUT2D eigenvalue weighted by Crippen LogP contribution is 2.29. The Balaban J connectivity index is 0.000000182. The molecule has 12 aromatic rings. The topological polar surface area (TPSA) is 23.3 Å². The molecule has 0 aliphatic carbocycles. The maximum absolute atomic E-state index is 7.60. The van der Waals surface area contributed by atoms with Gasteiger partial charge in [-0.3, -0.25) is 0 Å². The van der Waals surface area contributed by atoms with Crippen LogP contribution in [-0.4, -0.2) is 0 Å². The molecule has 6 aromatic heterocycles. The third-order valence-corrected chi connectivity index (χ3v) is 18.3. The fourth-order valence-electron chi connectivity index (χ4n) is 11.9. The van der Waals surface area contributed by atoms with Gasteiger partial charge < -0.3 is 0 Å². The largest absolute Gasteiger partial charge is 0.215 e. The molecule has 0 spiro atoms. The molecule has 0 radical (unpaired) electrons. The SMILES string of the molecule is Cc1ccc(-c2cccc(C)[n+]2C)c(C)c1.Cc1ccc(C)c(-c2cccc(C)[n+]2C)c1.Cc1cccc(-c2cccc(C)[n+]2C)c1C.Cc1cccc(C)c1-c1c(C)ccc[n+]1C.[2H]C([2H])([2H])c1ccc(-c2cccc(C([2H])([2H])[2H])[n+]2C)c(C)c1.[2H]C([2H])([2H])c1cccc(-c2cccc(C([2H])([2H])[2H])[n+]2C)c1C. The van der Waals surface area contributed by atoms with Gasteiger partial charge in [-0.05, 0) is 207 Å². The Kier molecular flexibility index (Phi) is 20.1. The molecule has 0 amide bonds. The van der Waals surface area contributed by atoms with E-state index in [2.05, 4.69) is 275 Å². The molecule has 0 atom stereocenters. The van der Waals surface area contributed by atoms with Gasteiger partial charge in [0.1, 0.15) is 42.3 Å². The van der Waals surface area contributed by atoms with Crippen LogP contribution in [0.3, 0.4) is 0 Å². The third kappa shape index (κ3) is 18.2. The highest BCUT2D eigenvalue weighted by atomic mass is 15.0. The number of hydrogen-bond acceptors (Lipinski definition) is 0. The van der Waals surface area contributed by atoms with E-state index in [0.29, 0.717) is 11.3 Å². The summed E-state index contributed by atoms with van der Waals surface area (Å²) in [5.41, 5.74) is 31.7. The van der Waals surface area contributed by atoms with Crippen molar-refractivity contribution in [2.45, 2.75) is 124 Å². The third-order valence-electron chi connectivity index (χ3n) is 18.3. The van der Waals surface area contributed by atoms with Gasteiger partial charge in [0, 0.05) is 151 Å². The summed E-state index contributed by atoms with van der Waals surface area (Å²) >= 11 is 0. The zero-order chi connectivity index (χ0) is 80.2. The molecule has 0 N–H and O–H groups in total. The van der Waals surface area contributed by atoms with Gasteiger partial charge in [-0.2, -0.15) is 22.8 Å². The standard InChI is InChI=1S/6C15H18N/c2*1-11-7-5-9-14(13(11)3)15-10-6-8-12(2)16(15)4;1-11-7-5-8-12(2)14(11)15-13(3)9-6-10-16(15)4;2*1-11-8-9-14(12(2)10-11)15-7-5-6-13(3)16(15)4;1-11-8-9-12(2)14(10-11)15-7-5-6-13(3)16(15)4/h6*5-10H,1-4H3/q6*+1/i1D3,2D3;;;1D3,3D3;;. The van der Waals surface area contributed by atoms with Crippen LogP contribution in [0.4, 0.5) is 0 Å². The Labute approximate surface area is 594 Å². The number of benzene rings is 6. The van der Waals surface area contributed by atoms with E-state index in [4.69, 9.17) is 16.4 Å². The molecule has 0 saturated heterocycles. The molecule has 96 heavy (non-hydrogen) atoms. The number of pyridine rings is 6. The Hall–Kier alpha value is -9.78. The van der Waals surface area contributed by atoms with E-state index in [0.717, 1.165) is 22.4 Å². The maximum Gasteiger partial charge on any atom is 0.215 e. The second kappa shape index (κ2) is 33.6. The predicted octanol–water partition coefficient (Wildman–Crippen LogP) is 18.6. The summed E-state index contributed by atoms with van der Waals surface area (Å²) in [5.74, 6) is 0. The van der Waals surface area contributed by atoms with Crippen molar-refractivity contribution in [1.82, 2.24) is 0 Å². The Bertz CT molecular complexity index is 4910. The van der Waals surface area contributed by atoms with Crippen molar-refractivity contribution in [2.75, 3.05) is 0 Å². The quantitative estimate of drug-likeness (QED) is 0.148. The molecule has 0 fully saturated rings. The smallest absolute Gasteiger partial charge is 0.201 e. The molecular weight excluding hydrogens is 1170 g/mol. The van der Waals surface area contributed by atoms with Crippen molar-refractivity contribution in [3.8, 4) is 67.5 Å². The number of aryl methyl sites for hydroxylation is 17. The van der Waals surface area contributed by atoms with E-state index in [1.54, 1.807) is 90.8 Å². The molecule has 0 unspecified atom stereocenters. The highest BCUT2D eigenvalue weighted by Gasteiger charge is 2.20. The zero-order valence-corrected chi connectivity index (χ0v) is 60.5. The number of aromatic nitrogens is 6. The fraction of sp³-hybridized carbons (Fsp3) is 0.267. The van der Waals surface area contributed by atoms with E-state index in [-0.39, 0.29) is 22.5 Å². The minimum atomic E-state index is -2.22. The molecule has 6 heteroatoms. The first-order valence-electron chi connectivity index (χ1n) is 38.8. The van der Waals surface area contributed by atoms with Gasteiger partial charge in [-0.25, -0.2) is 4.57 Å². The molecule has 6 nitrogen and oxygen atoms in total. The summed E-state index contributed by atoms with van der Waals surface area (Å²) in [6, 6.07) is 69.8. The molecule has 6 aromatic carbocycles. The Morgan fingerprint density at radius 3 is 1.04 bits per heavy atom. The van der Waals surface area contributed by atoms with Crippen LogP contribution in [0.1, 0.15) is 117 Å². The first kappa shape index (κ1) is 57.6. The molecule has 12 rings (SSSR count). The number of nitrogens with zero attached hydrogens (tertiary/aromatic N) is 6. The molecule has 0 aliphatic heterocycles. The zero-order valence-electron chi connectivity index (χ0n) is 72.5. The summed E-state index contributed by atoms with van der Waals surface area (Å²) in [6.07, 6.45) is 2.11. The molecular formula is C90H108N6+6. The summed E-state index contributed by atoms with van der Waals surface area (Å²) in [7, 11) is 11.8. The van der Waals surface area contributed by atoms with Crippen molar-refractivity contribution in [2.24, 2.45) is 42.3 Å². The molecule has 0 bridgehead atoms. The van der Waals surface area contributed by atoms with Crippen LogP contribution >= 0.6 is 0 Å². The van der Waals surface area contributed by atoms with Gasteiger partial charge in [-0.15, -0.1) is 0 Å². The van der Waals surface area contributed by atoms with Crippen molar-refractivity contribution in [3.05, 3.63) is 319 Å². The van der Waals surface area contributed by atoms with Crippen molar-refractivity contribution >= 4 is 0 Å². The normalized spacial score (nSPS) is 12.9. The Morgan fingerprint density at radius 2 is 0.594 bits per heavy atom. The molecule has 492 valence electrons. The average molecular weight is 1290 g/mol. The maximum atomic E-state index is 7.60. The van der Waals surface area contributed by atoms with Crippen molar-refractivity contribution < 1.29 is 43.9 Å². The van der Waals surface area contributed by atoms with Gasteiger partial charge in [0.2, 0.25) is 34.2 Å². The summed E-state index contributed by atoms with van der Waals surface area (Å²) < 4.78 is 103. The lowest BCUT2D eigenvalue weighted by Gasteiger charge is -2.09. The minimum Gasteiger partial charge on any atom is -0.201 e. The summed E-state index contributed by atoms with van der Waals surface area (Å²) in [6.45, 7) is 20.7. The first-order valence-corrected chi connectivity index (χ1v) is 32.8. The van der Waals surface area contributed by atoms with E-state index in [9.17, 15) is 0 Å². The number of hydrogen-bond donors (Lipinski definition) is 0. The van der Waals surface area contributed by atoms with Crippen LogP contribution in [0.15, 0.2) is 219 Å². The lowest BCUT2D eigenvalue weighted by atomic mass is 9.97. The lowest BCUT2D eigenvalue weighted by molar-refractivity contribution is -0.666. The fourth-order valence-corrected chi connectivity index (χ4v) is 11.9. The minimum absolute atomic E-state index is 0.212. The monoisotopic (exact) mass is 1280 g/mol. The molecule has 0 saturated carbocycles. The van der Waals surface area contributed by atoms with Crippen molar-refractivity contribution in [1.29, 1.82) is 0 Å². The second-order valence-electron chi connectivity index (χ2n) is 25.4. The van der Waals surface area contributed by atoms with E-state index in [1.165, 1.54) is 112 Å². The highest BCUT2D eigenvalue weighted by molar-refractivity contribution is 5.69. The summed E-state index contributed by atoms with van der Waals surface area (Å²) in [5, 5.41) is 0. The lowest BCUT2D eigenvalue weighted by Crippen LogP contribution is -2.34. The van der Waals surface area contributed by atoms with Crippen LogP contribution in [0.25, 0.3) is 67.5 Å². The van der Waals surface area contributed by atoms with Crippen LogP contribution in [0, 0.1) is 124 Å². The second-order valence-corrected chi connectivity index (χ2v) is 25.4. The van der Waals surface area contributed by atoms with Gasteiger partial charge >= 0.3 is 0 Å². The van der Waals surface area contributed by atoms with Gasteiger partial charge in [0.15, 0.2) is 34.7 Å². The molecule has 6 heterocycles. The van der Waals surface area contributed by atoms with E-state index in [1.807, 2.05) is 19.1 Å². The van der Waals surface area contributed by atoms with Crippen LogP contribution < -0.4 is 27.4 Å². The van der Waals surface area contributed by atoms with Gasteiger partial charge in [0.25, 0.3) is 0 Å². The van der Waals surface area contributed by atoms with E-state index < -0.39 is 27.4 Å².